The fourth-order valence-corrected chi connectivity index (χ4v) is 2.60. The molecule has 11 heteroatoms. The molecule has 128 valence electrons. The van der Waals surface area contributed by atoms with Crippen LogP contribution in [0.2, 0.25) is 0 Å². The first-order chi connectivity index (χ1) is 10.4. The van der Waals surface area contributed by atoms with Crippen molar-refractivity contribution in [2.75, 3.05) is 66.5 Å². The van der Waals surface area contributed by atoms with Gasteiger partial charge >= 0.3 is 27.7 Å². The molecule has 23 heavy (non-hydrogen) atoms. The van der Waals surface area contributed by atoms with Gasteiger partial charge in [-0.25, -0.2) is 10.0 Å². The van der Waals surface area contributed by atoms with E-state index >= 15 is 0 Å². The van der Waals surface area contributed by atoms with Gasteiger partial charge in [0.25, 0.3) is 0 Å². The quantitative estimate of drug-likeness (QED) is 0.245. The second-order valence-electron chi connectivity index (χ2n) is 4.99. The summed E-state index contributed by atoms with van der Waals surface area (Å²) < 4.78 is 1.04. The largest absolute Gasteiger partial charge is 2.00 e. The minimum Gasteiger partial charge on any atom is -0.410 e. The second kappa shape index (κ2) is 13.2. The van der Waals surface area contributed by atoms with E-state index in [2.05, 4.69) is 20.7 Å². The fraction of sp³-hybridized carbons (Fsp3) is 0.833. The van der Waals surface area contributed by atoms with Gasteiger partial charge in [0.2, 0.25) is 0 Å². The third kappa shape index (κ3) is 9.31. The van der Waals surface area contributed by atoms with Gasteiger partial charge in [-0.05, 0) is 8.64 Å². The molecule has 0 aromatic heterocycles. The van der Waals surface area contributed by atoms with Gasteiger partial charge in [-0.15, -0.1) is 0 Å². The molecule has 2 aliphatic heterocycles. The molecule has 0 aliphatic carbocycles. The molecule has 2 saturated heterocycles. The van der Waals surface area contributed by atoms with E-state index in [1.165, 1.54) is 0 Å². The summed E-state index contributed by atoms with van der Waals surface area (Å²) in [6.45, 7) is 8.04. The predicted molar refractivity (Wildman–Crippen MR) is 104 cm³/mol. The minimum absolute atomic E-state index is 0. The molecule has 2 rings (SSSR count). The van der Waals surface area contributed by atoms with Crippen molar-refractivity contribution in [2.24, 2.45) is 0 Å². The molecular weight excluding hydrogens is 557 g/mol. The Morgan fingerprint density at radius 3 is 1.26 bits per heavy atom. The maximum absolute atomic E-state index is 4.88. The molecule has 0 unspecified atom stereocenters. The van der Waals surface area contributed by atoms with Crippen molar-refractivity contribution in [2.45, 2.75) is 0 Å². The summed E-state index contributed by atoms with van der Waals surface area (Å²) in [5.74, 6) is 0. The molecule has 0 aromatic carbocycles. The minimum atomic E-state index is 0. The number of rotatable bonds is 2. The van der Waals surface area contributed by atoms with E-state index in [0.29, 0.717) is 8.64 Å². The monoisotopic (exact) mass is 582 g/mol. The van der Waals surface area contributed by atoms with Gasteiger partial charge < -0.3 is 70.3 Å². The van der Waals surface area contributed by atoms with Gasteiger partial charge in [-0.2, -0.15) is 0 Å². The van der Waals surface area contributed by atoms with E-state index < -0.39 is 0 Å². The van der Waals surface area contributed by atoms with Crippen molar-refractivity contribution in [1.29, 1.82) is 0 Å². The van der Waals surface area contributed by atoms with Crippen LogP contribution in [0.3, 0.4) is 0 Å². The Kier molecular flexibility index (Phi) is 13.8. The van der Waals surface area contributed by atoms with Gasteiger partial charge in [0.05, 0.1) is 0 Å². The number of nitrogens with zero attached hydrogens (tertiary/aromatic N) is 4. The molecule has 2 heterocycles. The topological polar surface area (TPSA) is 37.0 Å². The van der Waals surface area contributed by atoms with Gasteiger partial charge in [0, 0.05) is 66.5 Å². The molecule has 2 N–H and O–H groups in total. The second-order valence-corrected chi connectivity index (χ2v) is 7.05. The van der Waals surface area contributed by atoms with Crippen LogP contribution in [0.15, 0.2) is 0 Å². The van der Waals surface area contributed by atoms with E-state index in [0.717, 1.165) is 52.4 Å². The smallest absolute Gasteiger partial charge is 0.410 e. The van der Waals surface area contributed by atoms with Crippen molar-refractivity contribution < 1.29 is 27.7 Å². The number of hydrogen-bond acceptors (Lipinski definition) is 8. The molecule has 0 amide bonds. The molecule has 0 atom stereocenters. The van der Waals surface area contributed by atoms with Crippen molar-refractivity contribution >= 4 is 58.3 Å². The molecule has 6 nitrogen and oxygen atoms in total. The van der Waals surface area contributed by atoms with Gasteiger partial charge in [0.1, 0.15) is 0 Å². The molecule has 0 aromatic rings. The Morgan fingerprint density at radius 1 is 0.783 bits per heavy atom. The fourth-order valence-electron chi connectivity index (χ4n) is 2.14. The summed E-state index contributed by atoms with van der Waals surface area (Å²) >= 11 is 19.5. The number of piperazine rings is 2. The first-order valence-electron chi connectivity index (χ1n) is 7.24. The summed E-state index contributed by atoms with van der Waals surface area (Å²) in [6, 6.07) is 0. The van der Waals surface area contributed by atoms with E-state index in [4.69, 9.17) is 49.7 Å². The molecule has 2 fully saturated rings. The zero-order valence-corrected chi connectivity index (χ0v) is 22.5. The van der Waals surface area contributed by atoms with Crippen LogP contribution in [-0.2, 0) is 52.9 Å². The van der Waals surface area contributed by atoms with Crippen LogP contribution >= 0.6 is 24.4 Å². The number of hydrogen-bond donors (Lipinski definition) is 2. The van der Waals surface area contributed by atoms with Crippen molar-refractivity contribution in [3.63, 3.8) is 0 Å². The molecule has 0 saturated carbocycles. The summed E-state index contributed by atoms with van der Waals surface area (Å²) in [5.41, 5.74) is 0. The van der Waals surface area contributed by atoms with Gasteiger partial charge in [-0.3, -0.25) is 0 Å². The van der Waals surface area contributed by atoms with E-state index in [-0.39, 0.29) is 27.7 Å². The Hall–Kier alpha value is 0.995. The number of thiocarbonyl (C=S) groups is 2. The molecule has 2 aliphatic rings. The van der Waals surface area contributed by atoms with Crippen LogP contribution < -0.4 is 10.6 Å². The number of nitrogens with one attached hydrogen (secondary N) is 2. The van der Waals surface area contributed by atoms with Crippen LogP contribution in [0.25, 0.3) is 0 Å². The molecular formula is C12H24HgN6S4. The third-order valence-corrected chi connectivity index (χ3v) is 4.62. The van der Waals surface area contributed by atoms with Crippen molar-refractivity contribution in [1.82, 2.24) is 30.7 Å². The van der Waals surface area contributed by atoms with Crippen LogP contribution in [0.5, 0.6) is 0 Å². The normalized spacial score (nSPS) is 18.9. The Balaban J connectivity index is 0.000000403. The van der Waals surface area contributed by atoms with E-state index in [1.54, 1.807) is 0 Å². The Labute approximate surface area is 181 Å². The predicted octanol–water partition coefficient (Wildman–Crippen LogP) is -0.862. The Bertz CT molecular complexity index is 329. The van der Waals surface area contributed by atoms with Crippen LogP contribution in [-0.4, -0.2) is 95.1 Å². The maximum Gasteiger partial charge on any atom is 2.00 e. The van der Waals surface area contributed by atoms with Gasteiger partial charge in [0.15, 0.2) is 0 Å². The number of hydrazine groups is 2. The van der Waals surface area contributed by atoms with Crippen LogP contribution in [0.1, 0.15) is 0 Å². The third-order valence-electron chi connectivity index (χ3n) is 3.56. The zero-order valence-electron chi connectivity index (χ0n) is 13.8. The summed E-state index contributed by atoms with van der Waals surface area (Å²) in [7, 11) is 3.83. The van der Waals surface area contributed by atoms with E-state index in [9.17, 15) is 0 Å². The van der Waals surface area contributed by atoms with E-state index in [1.807, 2.05) is 24.1 Å². The van der Waals surface area contributed by atoms with Crippen molar-refractivity contribution in [3.05, 3.63) is 0 Å². The Morgan fingerprint density at radius 2 is 1.04 bits per heavy atom. The average Bonchev–Trinajstić information content (AvgIpc) is 2.55. The molecule has 0 radical (unpaired) electrons. The molecule has 0 spiro atoms. The first-order valence-corrected chi connectivity index (χ1v) is 8.87. The maximum atomic E-state index is 4.88. The average molecular weight is 581 g/mol. The molecule has 0 bridgehead atoms. The summed E-state index contributed by atoms with van der Waals surface area (Å²) in [6.07, 6.45) is 0. The van der Waals surface area contributed by atoms with Crippen molar-refractivity contribution in [3.8, 4) is 0 Å². The standard InChI is InChI=1S/2C6H13N3S2.Hg/c2*1-8(6(10)11)9-4-2-7-3-5-9;/h2*7H,2-5H2,1H3,(H,10,11);/q;;+2/p-2. The first kappa shape index (κ1) is 24.0. The summed E-state index contributed by atoms with van der Waals surface area (Å²) in [5, 5.41) is 14.6. The summed E-state index contributed by atoms with van der Waals surface area (Å²) in [4.78, 5) is 0. The zero-order chi connectivity index (χ0) is 16.5. The van der Waals surface area contributed by atoms with Crippen LogP contribution in [0.4, 0.5) is 0 Å². The van der Waals surface area contributed by atoms with Gasteiger partial charge in [-0.1, -0.05) is 0 Å². The SMILES string of the molecule is CN(C(=S)[S-])N1CCNCC1.CN(C(=S)[S-])N1CCNCC1.[Hg+2]. The van der Waals surface area contributed by atoms with Crippen LogP contribution in [0, 0.1) is 0 Å².